The maximum Gasteiger partial charge on any atom is 0.408 e. The molecular weight excluding hydrogens is 514 g/mol. The number of aromatic nitrogens is 2. The van der Waals surface area contributed by atoms with Gasteiger partial charge in [0, 0.05) is 36.3 Å². The Kier molecular flexibility index (Phi) is 8.78. The van der Waals surface area contributed by atoms with E-state index in [1.165, 1.54) is 0 Å². The number of pyridine rings is 2. The lowest BCUT2D eigenvalue weighted by Gasteiger charge is -2.35. The Morgan fingerprint density at radius 2 is 1.95 bits per heavy atom. The van der Waals surface area contributed by atoms with Crippen molar-refractivity contribution < 1.29 is 28.9 Å². The first-order valence-corrected chi connectivity index (χ1v) is 14.0. The van der Waals surface area contributed by atoms with Crippen molar-refractivity contribution in [3.05, 3.63) is 56.9 Å². The molecule has 10 heteroatoms. The number of ether oxygens (including phenoxy) is 3. The van der Waals surface area contributed by atoms with Gasteiger partial charge < -0.3 is 29.2 Å². The van der Waals surface area contributed by atoms with E-state index in [0.717, 1.165) is 16.5 Å². The minimum absolute atomic E-state index is 0.0889. The van der Waals surface area contributed by atoms with E-state index in [1.807, 2.05) is 27.7 Å². The van der Waals surface area contributed by atoms with Crippen LogP contribution in [0, 0.1) is 0 Å². The Morgan fingerprint density at radius 3 is 2.65 bits per heavy atom. The van der Waals surface area contributed by atoms with E-state index in [0.29, 0.717) is 61.6 Å². The Labute approximate surface area is 233 Å². The van der Waals surface area contributed by atoms with E-state index in [1.54, 1.807) is 35.8 Å². The second kappa shape index (κ2) is 12.1. The first-order chi connectivity index (χ1) is 19.3. The van der Waals surface area contributed by atoms with Gasteiger partial charge in [-0.2, -0.15) is 0 Å². The highest BCUT2D eigenvalue weighted by Gasteiger charge is 2.50. The first-order valence-electron chi connectivity index (χ1n) is 14.0. The van der Waals surface area contributed by atoms with Crippen LogP contribution in [0.15, 0.2) is 29.1 Å². The van der Waals surface area contributed by atoms with Crippen LogP contribution in [0.25, 0.3) is 22.3 Å². The molecule has 2 aromatic heterocycles. The van der Waals surface area contributed by atoms with Crippen molar-refractivity contribution in [2.45, 2.75) is 72.6 Å². The molecule has 0 bridgehead atoms. The van der Waals surface area contributed by atoms with E-state index in [-0.39, 0.29) is 29.9 Å². The molecule has 1 unspecified atom stereocenters. The highest BCUT2D eigenvalue weighted by Crippen LogP contribution is 2.42. The maximum atomic E-state index is 13.7. The predicted octanol–water partition coefficient (Wildman–Crippen LogP) is 4.53. The van der Waals surface area contributed by atoms with Gasteiger partial charge in [-0.3, -0.25) is 4.79 Å². The van der Waals surface area contributed by atoms with Crippen LogP contribution in [0.5, 0.6) is 5.75 Å². The molecule has 0 saturated heterocycles. The van der Waals surface area contributed by atoms with Gasteiger partial charge in [-0.15, -0.1) is 0 Å². The third-order valence-electron chi connectivity index (χ3n) is 7.32. The van der Waals surface area contributed by atoms with Gasteiger partial charge in [0.05, 0.1) is 29.0 Å². The zero-order chi connectivity index (χ0) is 29.0. The van der Waals surface area contributed by atoms with Gasteiger partial charge in [-0.1, -0.05) is 27.7 Å². The standard InChI is InChI=1S/C28H31N3O7.C2H6/c1-4-17-18-12-16(32)8-9-22(18)30-24-19(17)14-31-23(24)13-21-20(25(31)33)15-37-26(34)28(21,5-2)38-27(35)29-10-7-11-36-6-3;1-2/h8-9,12-13,32H,4-7,10-11,14-15H2,1-3H3,(H,29,35);1-2H3. The van der Waals surface area contributed by atoms with Crippen LogP contribution < -0.4 is 10.9 Å². The fraction of sp³-hybridized carbons (Fsp3) is 0.467. The number of nitrogens with one attached hydrogen (secondary N) is 1. The smallest absolute Gasteiger partial charge is 0.408 e. The quantitative estimate of drug-likeness (QED) is 0.241. The number of amides is 1. The molecule has 214 valence electrons. The molecule has 2 aliphatic rings. The summed E-state index contributed by atoms with van der Waals surface area (Å²) < 4.78 is 18.0. The van der Waals surface area contributed by atoms with Crippen LogP contribution in [0.2, 0.25) is 0 Å². The largest absolute Gasteiger partial charge is 0.508 e. The third kappa shape index (κ3) is 4.92. The summed E-state index contributed by atoms with van der Waals surface area (Å²) in [7, 11) is 0. The molecule has 0 spiro atoms. The number of rotatable bonds is 8. The molecule has 2 aliphatic heterocycles. The van der Waals surface area contributed by atoms with Crippen molar-refractivity contribution in [1.29, 1.82) is 0 Å². The summed E-state index contributed by atoms with van der Waals surface area (Å²) in [6.07, 6.45) is 0.587. The fourth-order valence-electron chi connectivity index (χ4n) is 5.41. The zero-order valence-electron chi connectivity index (χ0n) is 23.8. The molecular formula is C30H37N3O7. The van der Waals surface area contributed by atoms with Crippen LogP contribution in [0.1, 0.15) is 69.7 Å². The number of aryl methyl sites for hydroxylation is 1. The SMILES string of the molecule is CC.CCOCCCNC(=O)OC1(CC)C(=O)OCc2c1cc1n(c2=O)Cc2c-1nc1ccc(O)cc1c2CC. The van der Waals surface area contributed by atoms with Gasteiger partial charge in [0.2, 0.25) is 5.60 Å². The fourth-order valence-corrected chi connectivity index (χ4v) is 5.41. The number of phenolic OH excluding ortho intramolecular Hbond substituents is 1. The third-order valence-corrected chi connectivity index (χ3v) is 7.32. The van der Waals surface area contributed by atoms with Crippen LogP contribution in [0.3, 0.4) is 0 Å². The van der Waals surface area contributed by atoms with Crippen molar-refractivity contribution in [2.75, 3.05) is 19.8 Å². The first kappa shape index (κ1) is 29.1. The number of carbonyl (C=O) groups excluding carboxylic acids is 2. The number of nitrogens with zero attached hydrogens (tertiary/aromatic N) is 2. The molecule has 1 amide bonds. The zero-order valence-corrected chi connectivity index (χ0v) is 23.8. The molecule has 0 aliphatic carbocycles. The summed E-state index contributed by atoms with van der Waals surface area (Å²) in [4.78, 5) is 44.4. The van der Waals surface area contributed by atoms with E-state index in [9.17, 15) is 19.5 Å². The number of benzene rings is 1. The average Bonchev–Trinajstić information content (AvgIpc) is 3.33. The van der Waals surface area contributed by atoms with Crippen molar-refractivity contribution in [3.8, 4) is 17.1 Å². The Hall–Kier alpha value is -3.92. The summed E-state index contributed by atoms with van der Waals surface area (Å²) in [5, 5.41) is 13.5. The van der Waals surface area contributed by atoms with Crippen LogP contribution in [0.4, 0.5) is 4.79 Å². The van der Waals surface area contributed by atoms with Gasteiger partial charge in [0.25, 0.3) is 5.56 Å². The molecule has 2 N–H and O–H groups in total. The number of hydrogen-bond donors (Lipinski definition) is 2. The number of cyclic esters (lactones) is 1. The minimum atomic E-state index is -1.76. The summed E-state index contributed by atoms with van der Waals surface area (Å²) in [6, 6.07) is 6.76. The summed E-state index contributed by atoms with van der Waals surface area (Å²) in [6.45, 7) is 11.1. The monoisotopic (exact) mass is 551 g/mol. The van der Waals surface area contributed by atoms with Crippen LogP contribution in [-0.2, 0) is 44.2 Å². The molecule has 1 aromatic carbocycles. The number of fused-ring (bicyclic) bond motifs is 5. The molecule has 0 saturated carbocycles. The second-order valence-electron chi connectivity index (χ2n) is 9.41. The summed E-state index contributed by atoms with van der Waals surface area (Å²) >= 11 is 0. The Bertz CT molecular complexity index is 1500. The molecule has 3 aromatic rings. The van der Waals surface area contributed by atoms with Gasteiger partial charge in [0.1, 0.15) is 12.4 Å². The number of esters is 1. The lowest BCUT2D eigenvalue weighted by atomic mass is 9.85. The molecule has 4 heterocycles. The molecule has 1 atom stereocenters. The van der Waals surface area contributed by atoms with Gasteiger partial charge in [-0.25, -0.2) is 14.6 Å². The lowest BCUT2D eigenvalue weighted by Crippen LogP contribution is -2.49. The number of alkyl carbamates (subject to hydrolysis) is 1. The highest BCUT2D eigenvalue weighted by atomic mass is 16.6. The van der Waals surface area contributed by atoms with Crippen molar-refractivity contribution in [3.63, 3.8) is 0 Å². The molecule has 5 rings (SSSR count). The van der Waals surface area contributed by atoms with Crippen LogP contribution >= 0.6 is 0 Å². The molecule has 10 nitrogen and oxygen atoms in total. The molecule has 0 fully saturated rings. The summed E-state index contributed by atoms with van der Waals surface area (Å²) in [5.41, 5.74) is 2.34. The lowest BCUT2D eigenvalue weighted by molar-refractivity contribution is -0.172. The second-order valence-corrected chi connectivity index (χ2v) is 9.41. The van der Waals surface area contributed by atoms with Crippen molar-refractivity contribution in [2.24, 2.45) is 0 Å². The van der Waals surface area contributed by atoms with Crippen molar-refractivity contribution >= 4 is 23.0 Å². The number of carbonyl (C=O) groups is 2. The van der Waals surface area contributed by atoms with Crippen LogP contribution in [-0.4, -0.2) is 46.5 Å². The molecule has 40 heavy (non-hydrogen) atoms. The predicted molar refractivity (Wildman–Crippen MR) is 150 cm³/mol. The van der Waals surface area contributed by atoms with Gasteiger partial charge in [-0.05, 0) is 56.0 Å². The summed E-state index contributed by atoms with van der Waals surface area (Å²) in [5.74, 6) is -0.565. The van der Waals surface area contributed by atoms with E-state index >= 15 is 0 Å². The molecule has 0 radical (unpaired) electrons. The van der Waals surface area contributed by atoms with E-state index in [2.05, 4.69) is 5.32 Å². The minimum Gasteiger partial charge on any atom is -0.508 e. The maximum absolute atomic E-state index is 13.7. The topological polar surface area (TPSA) is 129 Å². The highest BCUT2D eigenvalue weighted by molar-refractivity contribution is 5.90. The van der Waals surface area contributed by atoms with Gasteiger partial charge >= 0.3 is 12.1 Å². The Balaban J connectivity index is 0.00000181. The Morgan fingerprint density at radius 1 is 1.18 bits per heavy atom. The van der Waals surface area contributed by atoms with Gasteiger partial charge in [0.15, 0.2) is 0 Å². The van der Waals surface area contributed by atoms with E-state index < -0.39 is 17.7 Å². The number of aromatic hydroxyl groups is 1. The number of hydrogen-bond acceptors (Lipinski definition) is 8. The normalized spacial score (nSPS) is 16.8. The van der Waals surface area contributed by atoms with E-state index in [4.69, 9.17) is 19.2 Å². The average molecular weight is 552 g/mol. The van der Waals surface area contributed by atoms with Crippen molar-refractivity contribution in [1.82, 2.24) is 14.9 Å². The number of phenols is 1.